The fourth-order valence-electron chi connectivity index (χ4n) is 3.20. The zero-order valence-electron chi connectivity index (χ0n) is 11.0. The SMILES string of the molecule is CC1CNC(C)CCN(C2CCCCC2)C1. The molecule has 2 aliphatic rings. The molecule has 0 radical (unpaired) electrons. The van der Waals surface area contributed by atoms with Gasteiger partial charge in [0.1, 0.15) is 0 Å². The fraction of sp³-hybridized carbons (Fsp3) is 1.00. The van der Waals surface area contributed by atoms with Crippen LogP contribution in [0.3, 0.4) is 0 Å². The molecule has 1 aliphatic carbocycles. The molecular weight excluding hydrogens is 196 g/mol. The Morgan fingerprint density at radius 3 is 2.50 bits per heavy atom. The predicted octanol–water partition coefficient (Wildman–Crippen LogP) is 2.64. The van der Waals surface area contributed by atoms with E-state index in [4.69, 9.17) is 0 Å². The lowest BCUT2D eigenvalue weighted by molar-refractivity contribution is 0.119. The lowest BCUT2D eigenvalue weighted by Crippen LogP contribution is -2.47. The Kier molecular flexibility index (Phi) is 4.66. The number of nitrogens with one attached hydrogen (secondary N) is 1. The molecule has 16 heavy (non-hydrogen) atoms. The van der Waals surface area contributed by atoms with Gasteiger partial charge in [-0.2, -0.15) is 0 Å². The molecule has 0 bridgehead atoms. The average Bonchev–Trinajstić information content (AvgIpc) is 2.31. The molecule has 0 aromatic carbocycles. The average molecular weight is 224 g/mol. The van der Waals surface area contributed by atoms with Crippen molar-refractivity contribution >= 4 is 0 Å². The van der Waals surface area contributed by atoms with Gasteiger partial charge in [-0.05, 0) is 45.2 Å². The summed E-state index contributed by atoms with van der Waals surface area (Å²) in [5, 5.41) is 3.63. The molecule has 2 fully saturated rings. The van der Waals surface area contributed by atoms with Crippen LogP contribution in [0.4, 0.5) is 0 Å². The largest absolute Gasteiger partial charge is 0.314 e. The summed E-state index contributed by atoms with van der Waals surface area (Å²) in [6.45, 7) is 8.54. The van der Waals surface area contributed by atoms with Gasteiger partial charge in [-0.3, -0.25) is 0 Å². The maximum absolute atomic E-state index is 3.63. The third-order valence-corrected chi connectivity index (χ3v) is 4.30. The first kappa shape index (κ1) is 12.4. The summed E-state index contributed by atoms with van der Waals surface area (Å²) in [4.78, 5) is 2.79. The monoisotopic (exact) mass is 224 g/mol. The van der Waals surface area contributed by atoms with E-state index < -0.39 is 0 Å². The Labute approximate surface area is 101 Å². The minimum Gasteiger partial charge on any atom is -0.314 e. The van der Waals surface area contributed by atoms with Crippen molar-refractivity contribution in [1.29, 1.82) is 0 Å². The van der Waals surface area contributed by atoms with Gasteiger partial charge in [0.25, 0.3) is 0 Å². The second-order valence-electron chi connectivity index (χ2n) is 5.99. The van der Waals surface area contributed by atoms with Gasteiger partial charge < -0.3 is 10.2 Å². The zero-order valence-corrected chi connectivity index (χ0v) is 11.0. The first-order chi connectivity index (χ1) is 7.75. The molecule has 94 valence electrons. The van der Waals surface area contributed by atoms with Gasteiger partial charge in [0.15, 0.2) is 0 Å². The minimum absolute atomic E-state index is 0.703. The van der Waals surface area contributed by atoms with Crippen molar-refractivity contribution in [2.45, 2.75) is 64.5 Å². The van der Waals surface area contributed by atoms with Crippen LogP contribution >= 0.6 is 0 Å². The van der Waals surface area contributed by atoms with Crippen molar-refractivity contribution < 1.29 is 0 Å². The Morgan fingerprint density at radius 2 is 1.75 bits per heavy atom. The second-order valence-corrected chi connectivity index (χ2v) is 5.99. The maximum Gasteiger partial charge on any atom is 0.00953 e. The van der Waals surface area contributed by atoms with Gasteiger partial charge in [-0.25, -0.2) is 0 Å². The maximum atomic E-state index is 3.63. The van der Waals surface area contributed by atoms with E-state index >= 15 is 0 Å². The van der Waals surface area contributed by atoms with E-state index in [1.54, 1.807) is 0 Å². The molecule has 2 atom stereocenters. The van der Waals surface area contributed by atoms with E-state index in [9.17, 15) is 0 Å². The molecule has 0 aromatic heterocycles. The van der Waals surface area contributed by atoms with E-state index in [1.807, 2.05) is 0 Å². The van der Waals surface area contributed by atoms with E-state index in [1.165, 1.54) is 58.2 Å². The predicted molar refractivity (Wildman–Crippen MR) is 69.7 cm³/mol. The molecule has 2 rings (SSSR count). The van der Waals surface area contributed by atoms with Gasteiger partial charge in [0, 0.05) is 18.6 Å². The quantitative estimate of drug-likeness (QED) is 0.736. The summed E-state index contributed by atoms with van der Waals surface area (Å²) < 4.78 is 0. The Bertz CT molecular complexity index is 199. The van der Waals surface area contributed by atoms with E-state index in [0.717, 1.165) is 12.0 Å². The third kappa shape index (κ3) is 3.46. The van der Waals surface area contributed by atoms with Crippen LogP contribution in [0.2, 0.25) is 0 Å². The van der Waals surface area contributed by atoms with Crippen molar-refractivity contribution in [3.63, 3.8) is 0 Å². The van der Waals surface area contributed by atoms with E-state index in [2.05, 4.69) is 24.1 Å². The second kappa shape index (κ2) is 6.02. The molecule has 0 amide bonds. The van der Waals surface area contributed by atoms with Crippen LogP contribution in [0.1, 0.15) is 52.4 Å². The molecule has 2 unspecified atom stereocenters. The Hall–Kier alpha value is -0.0800. The highest BCUT2D eigenvalue weighted by Crippen LogP contribution is 2.24. The van der Waals surface area contributed by atoms with Gasteiger partial charge >= 0.3 is 0 Å². The molecule has 1 saturated heterocycles. The topological polar surface area (TPSA) is 15.3 Å². The van der Waals surface area contributed by atoms with E-state index in [-0.39, 0.29) is 0 Å². The normalized spacial score (nSPS) is 35.6. The Morgan fingerprint density at radius 1 is 1.00 bits per heavy atom. The van der Waals surface area contributed by atoms with Crippen molar-refractivity contribution in [2.75, 3.05) is 19.6 Å². The molecule has 1 aliphatic heterocycles. The highest BCUT2D eigenvalue weighted by molar-refractivity contribution is 4.81. The van der Waals surface area contributed by atoms with Crippen LogP contribution < -0.4 is 5.32 Å². The van der Waals surface area contributed by atoms with Crippen LogP contribution in [0.15, 0.2) is 0 Å². The van der Waals surface area contributed by atoms with Crippen LogP contribution in [0.25, 0.3) is 0 Å². The third-order valence-electron chi connectivity index (χ3n) is 4.30. The van der Waals surface area contributed by atoms with Crippen molar-refractivity contribution in [3.05, 3.63) is 0 Å². The van der Waals surface area contributed by atoms with Crippen LogP contribution in [-0.4, -0.2) is 36.6 Å². The number of nitrogens with zero attached hydrogens (tertiary/aromatic N) is 1. The molecule has 0 spiro atoms. The van der Waals surface area contributed by atoms with E-state index in [0.29, 0.717) is 6.04 Å². The van der Waals surface area contributed by atoms with Gasteiger partial charge in [-0.15, -0.1) is 0 Å². The summed E-state index contributed by atoms with van der Waals surface area (Å²) in [6.07, 6.45) is 8.62. The standard InChI is InChI=1S/C14H28N2/c1-12-10-15-13(2)8-9-16(11-12)14-6-4-3-5-7-14/h12-15H,3-11H2,1-2H3. The molecule has 2 heteroatoms. The van der Waals surface area contributed by atoms with Crippen molar-refractivity contribution in [3.8, 4) is 0 Å². The molecule has 2 nitrogen and oxygen atoms in total. The molecule has 1 saturated carbocycles. The van der Waals surface area contributed by atoms with Crippen LogP contribution in [0, 0.1) is 5.92 Å². The first-order valence-corrected chi connectivity index (χ1v) is 7.23. The summed E-state index contributed by atoms with van der Waals surface area (Å²) in [7, 11) is 0. The summed E-state index contributed by atoms with van der Waals surface area (Å²) >= 11 is 0. The van der Waals surface area contributed by atoms with Gasteiger partial charge in [0.05, 0.1) is 0 Å². The highest BCUT2D eigenvalue weighted by atomic mass is 15.2. The fourth-order valence-corrected chi connectivity index (χ4v) is 3.20. The molecule has 0 aromatic rings. The van der Waals surface area contributed by atoms with Crippen LogP contribution in [0.5, 0.6) is 0 Å². The zero-order chi connectivity index (χ0) is 11.4. The molecular formula is C14H28N2. The first-order valence-electron chi connectivity index (χ1n) is 7.23. The Balaban J connectivity index is 1.89. The smallest absolute Gasteiger partial charge is 0.00953 e. The summed E-state index contributed by atoms with van der Waals surface area (Å²) in [5.41, 5.74) is 0. The van der Waals surface area contributed by atoms with Gasteiger partial charge in [-0.1, -0.05) is 26.2 Å². The molecule has 1 heterocycles. The summed E-state index contributed by atoms with van der Waals surface area (Å²) in [6, 6.07) is 1.61. The van der Waals surface area contributed by atoms with Gasteiger partial charge in [0.2, 0.25) is 0 Å². The summed E-state index contributed by atoms with van der Waals surface area (Å²) in [5.74, 6) is 0.810. The number of hydrogen-bond acceptors (Lipinski definition) is 2. The van der Waals surface area contributed by atoms with Crippen LogP contribution in [-0.2, 0) is 0 Å². The van der Waals surface area contributed by atoms with Crippen molar-refractivity contribution in [1.82, 2.24) is 10.2 Å². The molecule has 1 N–H and O–H groups in total. The lowest BCUT2D eigenvalue weighted by Gasteiger charge is -2.38. The number of rotatable bonds is 1. The number of hydrogen-bond donors (Lipinski definition) is 1. The minimum atomic E-state index is 0.703. The van der Waals surface area contributed by atoms with Crippen molar-refractivity contribution in [2.24, 2.45) is 5.92 Å². The highest BCUT2D eigenvalue weighted by Gasteiger charge is 2.24. The lowest BCUT2D eigenvalue weighted by atomic mass is 9.92.